The Balaban J connectivity index is 1.30. The summed E-state index contributed by atoms with van der Waals surface area (Å²) < 4.78 is 7.27. The number of carbonyl (C=O) groups is 1. The Hall–Kier alpha value is -3.38. The van der Waals surface area contributed by atoms with Gasteiger partial charge in [0.05, 0.1) is 34.2 Å². The lowest BCUT2D eigenvalue weighted by atomic mass is 10.2. The Kier molecular flexibility index (Phi) is 5.69. The molecule has 2 unspecified atom stereocenters. The van der Waals surface area contributed by atoms with Crippen molar-refractivity contribution in [3.63, 3.8) is 0 Å². The van der Waals surface area contributed by atoms with Gasteiger partial charge in [0.25, 0.3) is 5.91 Å². The van der Waals surface area contributed by atoms with Crippen LogP contribution in [0.1, 0.15) is 48.7 Å². The van der Waals surface area contributed by atoms with E-state index in [-0.39, 0.29) is 34.9 Å². The molecule has 0 radical (unpaired) electrons. The number of ether oxygens (including phenoxy) is 1. The van der Waals surface area contributed by atoms with Crippen molar-refractivity contribution in [1.82, 2.24) is 29.9 Å². The lowest BCUT2D eigenvalue weighted by Crippen LogP contribution is -2.31. The summed E-state index contributed by atoms with van der Waals surface area (Å²) in [4.78, 5) is 39.4. The van der Waals surface area contributed by atoms with E-state index in [0.717, 1.165) is 38.0 Å². The minimum absolute atomic E-state index is 0.0279. The molecule has 2 fully saturated rings. The Morgan fingerprint density at radius 3 is 3.00 bits per heavy atom. The molecule has 3 aromatic heterocycles. The van der Waals surface area contributed by atoms with Gasteiger partial charge in [0.1, 0.15) is 5.69 Å². The van der Waals surface area contributed by atoms with Gasteiger partial charge in [0, 0.05) is 24.4 Å². The molecule has 11 nitrogen and oxygen atoms in total. The fourth-order valence-corrected chi connectivity index (χ4v) is 5.38. The zero-order valence-electron chi connectivity index (χ0n) is 18.9. The number of thioether (sulfide) groups is 1. The number of hydrogen-bond donors (Lipinski definition) is 4. The van der Waals surface area contributed by atoms with Gasteiger partial charge in [-0.15, -0.1) is 11.8 Å². The summed E-state index contributed by atoms with van der Waals surface area (Å²) in [5, 5.41) is 18.0. The summed E-state index contributed by atoms with van der Waals surface area (Å²) in [6.07, 6.45) is 10.1. The highest BCUT2D eigenvalue weighted by Gasteiger charge is 2.27. The van der Waals surface area contributed by atoms with Crippen LogP contribution in [0.4, 0.5) is 0 Å². The van der Waals surface area contributed by atoms with E-state index in [4.69, 9.17) is 14.7 Å². The van der Waals surface area contributed by atoms with E-state index in [1.54, 1.807) is 16.8 Å². The molecule has 4 N–H and O–H groups in total. The van der Waals surface area contributed by atoms with E-state index < -0.39 is 5.69 Å². The van der Waals surface area contributed by atoms with Crippen molar-refractivity contribution in [1.29, 1.82) is 0 Å². The van der Waals surface area contributed by atoms with Crippen LogP contribution in [0.25, 0.3) is 11.7 Å². The summed E-state index contributed by atoms with van der Waals surface area (Å²) in [5.74, 6) is -0.329. The number of nitrogens with one attached hydrogen (secondary N) is 3. The van der Waals surface area contributed by atoms with Crippen LogP contribution in [0, 0.1) is 0 Å². The largest absolute Gasteiger partial charge is 0.493 e. The van der Waals surface area contributed by atoms with Crippen molar-refractivity contribution in [2.45, 2.75) is 49.5 Å². The van der Waals surface area contributed by atoms with E-state index in [0.29, 0.717) is 34.2 Å². The van der Waals surface area contributed by atoms with Crippen LogP contribution in [0.3, 0.4) is 0 Å². The second-order valence-electron chi connectivity index (χ2n) is 8.98. The lowest BCUT2D eigenvalue weighted by Gasteiger charge is -2.12. The molecule has 5 heterocycles. The van der Waals surface area contributed by atoms with Crippen molar-refractivity contribution in [3.8, 4) is 5.88 Å². The summed E-state index contributed by atoms with van der Waals surface area (Å²) in [6, 6.07) is 2.22. The number of aromatic hydroxyl groups is 1. The molecule has 3 aliphatic rings. The highest BCUT2D eigenvalue weighted by atomic mass is 32.2. The molecule has 1 aliphatic carbocycles. The third kappa shape index (κ3) is 4.63. The highest BCUT2D eigenvalue weighted by Crippen LogP contribution is 2.42. The quantitative estimate of drug-likeness (QED) is 0.387. The van der Waals surface area contributed by atoms with Crippen molar-refractivity contribution >= 4 is 29.4 Å². The molecular formula is C23H25N7O4S. The third-order valence-electron chi connectivity index (χ3n) is 6.25. The number of aromatic nitrogens is 5. The third-order valence-corrected chi connectivity index (χ3v) is 7.58. The Bertz CT molecular complexity index is 1490. The first-order valence-corrected chi connectivity index (χ1v) is 12.6. The average molecular weight is 496 g/mol. The van der Waals surface area contributed by atoms with E-state index in [2.05, 4.69) is 20.4 Å². The van der Waals surface area contributed by atoms with Gasteiger partial charge in [-0.05, 0) is 38.2 Å². The Morgan fingerprint density at radius 1 is 1.37 bits per heavy atom. The second-order valence-corrected chi connectivity index (χ2v) is 10.2. The number of allylic oxidation sites excluding steroid dienone is 1. The van der Waals surface area contributed by atoms with Crippen LogP contribution in [0.5, 0.6) is 5.88 Å². The normalized spacial score (nSPS) is 23.4. The standard InChI is InChI=1S/C23H25N7O4S/c31-21-16(28-23(33)29-21)8-12-10-25-30-19(26-13-3-4-13)9-15(27-20(12)30)17-5-6-18(35-17)22(32)24-11-14-2-1-7-34-14/h6,8-10,13-14,17,31H,1-5,7,11H2,(H,24,32)(H2,28,29,33). The molecule has 0 spiro atoms. The number of amides is 1. The molecule has 6 rings (SSSR count). The second kappa shape index (κ2) is 9.00. The number of H-pyrrole nitrogens is 2. The van der Waals surface area contributed by atoms with Gasteiger partial charge < -0.3 is 20.1 Å². The van der Waals surface area contributed by atoms with E-state index in [9.17, 15) is 14.7 Å². The maximum Gasteiger partial charge on any atom is 0.326 e. The van der Waals surface area contributed by atoms with Gasteiger partial charge in [0.2, 0.25) is 5.88 Å². The van der Waals surface area contributed by atoms with Gasteiger partial charge in [0.15, 0.2) is 11.1 Å². The first-order valence-electron chi connectivity index (χ1n) is 11.8. The zero-order valence-corrected chi connectivity index (χ0v) is 19.7. The molecule has 1 amide bonds. The fraction of sp³-hybridized carbons (Fsp3) is 0.435. The number of hydrogen-bond acceptors (Lipinski definition) is 8. The van der Waals surface area contributed by atoms with Gasteiger partial charge >= 0.3 is 5.69 Å². The molecule has 182 valence electrons. The zero-order chi connectivity index (χ0) is 23.9. The molecule has 1 saturated carbocycles. The van der Waals surface area contributed by atoms with Gasteiger partial charge in [-0.3, -0.25) is 14.8 Å². The smallest absolute Gasteiger partial charge is 0.326 e. The van der Waals surface area contributed by atoms with Crippen LogP contribution in [-0.4, -0.2) is 60.9 Å². The fourth-order valence-electron chi connectivity index (χ4n) is 4.27. The summed E-state index contributed by atoms with van der Waals surface area (Å²) in [7, 11) is 0. The molecule has 35 heavy (non-hydrogen) atoms. The summed E-state index contributed by atoms with van der Waals surface area (Å²) >= 11 is 1.50. The molecule has 0 bridgehead atoms. The molecule has 1 saturated heterocycles. The minimum Gasteiger partial charge on any atom is -0.493 e. The van der Waals surface area contributed by atoms with Gasteiger partial charge in [-0.25, -0.2) is 9.78 Å². The first kappa shape index (κ1) is 22.1. The monoisotopic (exact) mass is 495 g/mol. The van der Waals surface area contributed by atoms with Gasteiger partial charge in [-0.1, -0.05) is 6.08 Å². The van der Waals surface area contributed by atoms with Crippen molar-refractivity contribution < 1.29 is 14.6 Å². The van der Waals surface area contributed by atoms with E-state index in [1.807, 2.05) is 12.1 Å². The molecule has 0 aromatic carbocycles. The average Bonchev–Trinajstić information content (AvgIpc) is 3.28. The Morgan fingerprint density at radius 2 is 2.26 bits per heavy atom. The first-order chi connectivity index (χ1) is 17.0. The summed E-state index contributed by atoms with van der Waals surface area (Å²) in [5.41, 5.74) is 1.83. The predicted molar refractivity (Wildman–Crippen MR) is 128 cm³/mol. The molecule has 2 atom stereocenters. The maximum absolute atomic E-state index is 12.7. The summed E-state index contributed by atoms with van der Waals surface area (Å²) in [6.45, 7) is 1.29. The SMILES string of the molecule is O=C(NCC1CCCO1)C1=CCC(c2cc(=NC3CC3)n3ncc(=Cc4[nH]c(=O)[nH]c4O)c3n2)S1. The number of fused-ring (bicyclic) bond motifs is 1. The van der Waals surface area contributed by atoms with Crippen LogP contribution in [0.15, 0.2) is 33.0 Å². The van der Waals surface area contributed by atoms with Crippen molar-refractivity contribution in [2.75, 3.05) is 13.2 Å². The highest BCUT2D eigenvalue weighted by molar-refractivity contribution is 8.04. The number of nitrogens with zero attached hydrogens (tertiary/aromatic N) is 4. The van der Waals surface area contributed by atoms with Crippen LogP contribution < -0.4 is 21.7 Å². The number of carbonyl (C=O) groups excluding carboxylic acids is 1. The molecule has 12 heteroatoms. The van der Waals surface area contributed by atoms with E-state index in [1.165, 1.54) is 11.8 Å². The maximum atomic E-state index is 12.7. The molecule has 3 aromatic rings. The number of imidazole rings is 1. The molecular weight excluding hydrogens is 470 g/mol. The van der Waals surface area contributed by atoms with Crippen LogP contribution in [-0.2, 0) is 9.53 Å². The topological polar surface area (TPSA) is 150 Å². The van der Waals surface area contributed by atoms with Crippen LogP contribution in [0.2, 0.25) is 0 Å². The Labute approximate surface area is 203 Å². The van der Waals surface area contributed by atoms with Crippen LogP contribution >= 0.6 is 11.8 Å². The molecule has 2 aliphatic heterocycles. The minimum atomic E-state index is -0.498. The van der Waals surface area contributed by atoms with Gasteiger partial charge in [-0.2, -0.15) is 9.61 Å². The predicted octanol–water partition coefficient (Wildman–Crippen LogP) is 0.419. The van der Waals surface area contributed by atoms with Crippen molar-refractivity contribution in [3.05, 3.63) is 55.8 Å². The lowest BCUT2D eigenvalue weighted by molar-refractivity contribution is -0.117. The number of rotatable bonds is 6. The van der Waals surface area contributed by atoms with E-state index >= 15 is 0 Å². The van der Waals surface area contributed by atoms with Crippen molar-refractivity contribution in [2.24, 2.45) is 4.99 Å². The number of aromatic amines is 2.